The van der Waals surface area contributed by atoms with E-state index in [1.807, 2.05) is 0 Å². The zero-order chi connectivity index (χ0) is 16.1. The van der Waals surface area contributed by atoms with Gasteiger partial charge in [0.25, 0.3) is 0 Å². The molecular weight excluding hydrogens is 343 g/mol. The highest BCUT2D eigenvalue weighted by Gasteiger charge is 2.05. The number of nitrogens with one attached hydrogen (secondary N) is 2. The first-order chi connectivity index (χ1) is 10.5. The number of halogens is 2. The zero-order valence-electron chi connectivity index (χ0n) is 11.4. The standard InChI is InChI=1S/C15H14Cl2N2O2S/c16-10-2-4-13(12(17)7-10)19-15(22)18-6-5-9-1-3-11(20)8-14(9)21/h1-4,7-8,20-21H,5-6H2,(H2,18,19,22). The molecule has 0 saturated heterocycles. The van der Waals surface area contributed by atoms with E-state index in [4.69, 9.17) is 35.4 Å². The Kier molecular flexibility index (Phi) is 5.71. The predicted octanol–water partition coefficient (Wildman–Crippen LogP) is 3.93. The smallest absolute Gasteiger partial charge is 0.170 e. The lowest BCUT2D eigenvalue weighted by atomic mass is 10.1. The first-order valence-corrected chi connectivity index (χ1v) is 7.63. The molecule has 0 aliphatic heterocycles. The summed E-state index contributed by atoms with van der Waals surface area (Å²) in [4.78, 5) is 0. The normalized spacial score (nSPS) is 10.3. The van der Waals surface area contributed by atoms with Crippen LogP contribution in [-0.4, -0.2) is 21.9 Å². The van der Waals surface area contributed by atoms with Crippen LogP contribution in [0.2, 0.25) is 10.0 Å². The third-order valence-electron chi connectivity index (χ3n) is 2.93. The van der Waals surface area contributed by atoms with Crippen LogP contribution >= 0.6 is 35.4 Å². The first-order valence-electron chi connectivity index (χ1n) is 6.46. The van der Waals surface area contributed by atoms with E-state index in [1.54, 1.807) is 24.3 Å². The summed E-state index contributed by atoms with van der Waals surface area (Å²) in [6.07, 6.45) is 0.558. The summed E-state index contributed by atoms with van der Waals surface area (Å²) in [7, 11) is 0. The molecule has 0 spiro atoms. The average Bonchev–Trinajstić information content (AvgIpc) is 2.44. The maximum atomic E-state index is 9.69. The van der Waals surface area contributed by atoms with Gasteiger partial charge in [-0.05, 0) is 48.5 Å². The highest BCUT2D eigenvalue weighted by atomic mass is 35.5. The lowest BCUT2D eigenvalue weighted by molar-refractivity contribution is 0.446. The van der Waals surface area contributed by atoms with Gasteiger partial charge in [0.2, 0.25) is 0 Å². The number of hydrogen-bond donors (Lipinski definition) is 4. The number of phenols is 2. The van der Waals surface area contributed by atoms with Crippen LogP contribution in [0.1, 0.15) is 5.56 Å². The molecule has 2 aromatic rings. The van der Waals surface area contributed by atoms with Gasteiger partial charge in [0.15, 0.2) is 5.11 Å². The lowest BCUT2D eigenvalue weighted by Gasteiger charge is -2.12. The van der Waals surface area contributed by atoms with Crippen molar-refractivity contribution < 1.29 is 10.2 Å². The molecule has 7 heteroatoms. The average molecular weight is 357 g/mol. The monoisotopic (exact) mass is 356 g/mol. The summed E-state index contributed by atoms with van der Waals surface area (Å²) in [6, 6.07) is 9.58. The van der Waals surface area contributed by atoms with Gasteiger partial charge in [0, 0.05) is 17.6 Å². The van der Waals surface area contributed by atoms with E-state index >= 15 is 0 Å². The van der Waals surface area contributed by atoms with Gasteiger partial charge in [-0.3, -0.25) is 0 Å². The summed E-state index contributed by atoms with van der Waals surface area (Å²) < 4.78 is 0. The number of anilines is 1. The Morgan fingerprint density at radius 1 is 1.09 bits per heavy atom. The SMILES string of the molecule is Oc1ccc(CCNC(=S)Nc2ccc(Cl)cc2Cl)c(O)c1. The van der Waals surface area contributed by atoms with Gasteiger partial charge >= 0.3 is 0 Å². The minimum atomic E-state index is 0.0313. The first kappa shape index (κ1) is 16.7. The number of rotatable bonds is 4. The topological polar surface area (TPSA) is 64.5 Å². The van der Waals surface area contributed by atoms with Crippen molar-refractivity contribution in [2.75, 3.05) is 11.9 Å². The number of phenolic OH excluding ortho intramolecular Hbond substituents is 2. The number of thiocarbonyl (C=S) groups is 1. The molecule has 0 aliphatic rings. The van der Waals surface area contributed by atoms with E-state index in [2.05, 4.69) is 10.6 Å². The Labute approximate surface area is 143 Å². The van der Waals surface area contributed by atoms with E-state index in [-0.39, 0.29) is 11.5 Å². The second kappa shape index (κ2) is 7.54. The van der Waals surface area contributed by atoms with Crippen LogP contribution < -0.4 is 10.6 Å². The van der Waals surface area contributed by atoms with E-state index in [0.717, 1.165) is 5.56 Å². The van der Waals surface area contributed by atoms with Crippen LogP contribution in [-0.2, 0) is 6.42 Å². The van der Waals surface area contributed by atoms with Crippen LogP contribution in [0.3, 0.4) is 0 Å². The molecule has 0 bridgehead atoms. The largest absolute Gasteiger partial charge is 0.508 e. The van der Waals surface area contributed by atoms with Crippen molar-refractivity contribution in [2.24, 2.45) is 0 Å². The Morgan fingerprint density at radius 3 is 2.55 bits per heavy atom. The second-order valence-electron chi connectivity index (χ2n) is 4.57. The maximum Gasteiger partial charge on any atom is 0.170 e. The van der Waals surface area contributed by atoms with Crippen LogP contribution in [0, 0.1) is 0 Å². The van der Waals surface area contributed by atoms with Gasteiger partial charge in [-0.2, -0.15) is 0 Å². The fourth-order valence-corrected chi connectivity index (χ4v) is 2.50. The van der Waals surface area contributed by atoms with Crippen molar-refractivity contribution in [3.05, 3.63) is 52.0 Å². The van der Waals surface area contributed by atoms with Gasteiger partial charge < -0.3 is 20.8 Å². The summed E-state index contributed by atoms with van der Waals surface area (Å²) in [5, 5.41) is 26.4. The molecule has 0 fully saturated rings. The summed E-state index contributed by atoms with van der Waals surface area (Å²) in [5.41, 5.74) is 1.38. The molecule has 0 radical (unpaired) electrons. The van der Waals surface area contributed by atoms with Crippen molar-refractivity contribution in [1.82, 2.24) is 5.32 Å². The summed E-state index contributed by atoms with van der Waals surface area (Å²) >= 11 is 17.1. The molecule has 0 aromatic heterocycles. The van der Waals surface area contributed by atoms with E-state index < -0.39 is 0 Å². The Balaban J connectivity index is 1.85. The summed E-state index contributed by atoms with van der Waals surface area (Å²) in [5.74, 6) is 0.0881. The number of hydrogen-bond acceptors (Lipinski definition) is 3. The predicted molar refractivity (Wildman–Crippen MR) is 94.2 cm³/mol. The van der Waals surface area contributed by atoms with E-state index in [1.165, 1.54) is 12.1 Å². The molecule has 4 N–H and O–H groups in total. The quantitative estimate of drug-likeness (QED) is 0.625. The Bertz CT molecular complexity index is 695. The molecule has 2 aromatic carbocycles. The van der Waals surface area contributed by atoms with Crippen LogP contribution in [0.25, 0.3) is 0 Å². The van der Waals surface area contributed by atoms with Crippen molar-refractivity contribution in [3.8, 4) is 11.5 Å². The molecule has 4 nitrogen and oxygen atoms in total. The lowest BCUT2D eigenvalue weighted by Crippen LogP contribution is -2.30. The molecule has 0 saturated carbocycles. The van der Waals surface area contributed by atoms with Gasteiger partial charge in [-0.15, -0.1) is 0 Å². The molecule has 0 amide bonds. The Morgan fingerprint density at radius 2 is 1.86 bits per heavy atom. The van der Waals surface area contributed by atoms with Crippen LogP contribution in [0.15, 0.2) is 36.4 Å². The van der Waals surface area contributed by atoms with Crippen molar-refractivity contribution in [1.29, 1.82) is 0 Å². The number of benzene rings is 2. The molecule has 0 aliphatic carbocycles. The van der Waals surface area contributed by atoms with Gasteiger partial charge in [0.1, 0.15) is 11.5 Å². The summed E-state index contributed by atoms with van der Waals surface area (Å²) in [6.45, 7) is 0.523. The minimum Gasteiger partial charge on any atom is -0.508 e. The van der Waals surface area contributed by atoms with E-state index in [0.29, 0.717) is 33.8 Å². The molecule has 116 valence electrons. The fourth-order valence-electron chi connectivity index (χ4n) is 1.83. The van der Waals surface area contributed by atoms with E-state index in [9.17, 15) is 10.2 Å². The Hall–Kier alpha value is -1.69. The van der Waals surface area contributed by atoms with Crippen LogP contribution in [0.4, 0.5) is 5.69 Å². The second-order valence-corrected chi connectivity index (χ2v) is 5.82. The molecule has 2 rings (SSSR count). The molecule has 0 unspecified atom stereocenters. The molecular formula is C15H14Cl2N2O2S. The van der Waals surface area contributed by atoms with Gasteiger partial charge in [-0.25, -0.2) is 0 Å². The highest BCUT2D eigenvalue weighted by Crippen LogP contribution is 2.25. The third kappa shape index (κ3) is 4.66. The van der Waals surface area contributed by atoms with Crippen LogP contribution in [0.5, 0.6) is 11.5 Å². The molecule has 0 heterocycles. The molecule has 0 atom stereocenters. The van der Waals surface area contributed by atoms with Crippen molar-refractivity contribution in [3.63, 3.8) is 0 Å². The molecule has 22 heavy (non-hydrogen) atoms. The van der Waals surface area contributed by atoms with Crippen molar-refractivity contribution >= 4 is 46.2 Å². The highest BCUT2D eigenvalue weighted by molar-refractivity contribution is 7.80. The fraction of sp³-hybridized carbons (Fsp3) is 0.133. The third-order valence-corrected chi connectivity index (χ3v) is 3.72. The van der Waals surface area contributed by atoms with Gasteiger partial charge in [-0.1, -0.05) is 29.3 Å². The zero-order valence-corrected chi connectivity index (χ0v) is 13.8. The van der Waals surface area contributed by atoms with Crippen molar-refractivity contribution in [2.45, 2.75) is 6.42 Å². The number of aromatic hydroxyl groups is 2. The van der Waals surface area contributed by atoms with Gasteiger partial charge in [0.05, 0.1) is 10.7 Å². The maximum absolute atomic E-state index is 9.69. The minimum absolute atomic E-state index is 0.0313.